The van der Waals surface area contributed by atoms with Gasteiger partial charge in [-0.1, -0.05) is 18.2 Å². The van der Waals surface area contributed by atoms with E-state index in [4.69, 9.17) is 4.74 Å². The Kier molecular flexibility index (Phi) is 4.91. The van der Waals surface area contributed by atoms with Crippen molar-refractivity contribution in [1.82, 2.24) is 10.3 Å². The van der Waals surface area contributed by atoms with Gasteiger partial charge in [0.15, 0.2) is 0 Å². The molecule has 0 spiro atoms. The number of nitrogens with one attached hydrogen (secondary N) is 2. The Bertz CT molecular complexity index is 849. The molecule has 0 aliphatic rings. The summed E-state index contributed by atoms with van der Waals surface area (Å²) < 4.78 is 5.66. The smallest absolute Gasteiger partial charge is 0.319 e. The number of benzene rings is 2. The highest BCUT2D eigenvalue weighted by Gasteiger charge is 2.02. The molecule has 0 saturated heterocycles. The maximum atomic E-state index is 11.8. The third-order valence-corrected chi connectivity index (χ3v) is 3.51. The van der Waals surface area contributed by atoms with Crippen LogP contribution in [0.15, 0.2) is 60.8 Å². The molecule has 0 radical (unpaired) electrons. The first-order chi connectivity index (χ1) is 11.7. The van der Waals surface area contributed by atoms with Crippen molar-refractivity contribution in [2.75, 3.05) is 18.5 Å². The summed E-state index contributed by atoms with van der Waals surface area (Å²) in [5, 5.41) is 6.59. The standard InChI is InChI=1S/C19H19N3O2/c1-14-4-2-6-16(12-14)22-19(23)21-10-11-24-17-7-8-18-15(13-17)5-3-9-20-18/h2-9,12-13H,10-11H2,1H3,(H2,21,22,23). The third-order valence-electron chi connectivity index (χ3n) is 3.51. The molecule has 3 rings (SSSR count). The van der Waals surface area contributed by atoms with E-state index in [1.54, 1.807) is 6.20 Å². The van der Waals surface area contributed by atoms with Gasteiger partial charge in [-0.2, -0.15) is 0 Å². The maximum Gasteiger partial charge on any atom is 0.319 e. The minimum absolute atomic E-state index is 0.244. The zero-order chi connectivity index (χ0) is 16.8. The summed E-state index contributed by atoms with van der Waals surface area (Å²) in [7, 11) is 0. The van der Waals surface area contributed by atoms with Crippen molar-refractivity contribution in [3.05, 3.63) is 66.4 Å². The van der Waals surface area contributed by atoms with Gasteiger partial charge in [0.25, 0.3) is 0 Å². The number of ether oxygens (including phenoxy) is 1. The Labute approximate surface area is 140 Å². The molecule has 2 amide bonds. The summed E-state index contributed by atoms with van der Waals surface area (Å²) >= 11 is 0. The van der Waals surface area contributed by atoms with E-state index < -0.39 is 0 Å². The lowest BCUT2D eigenvalue weighted by atomic mass is 10.2. The number of hydrogen-bond donors (Lipinski definition) is 2. The second kappa shape index (κ2) is 7.46. The van der Waals surface area contributed by atoms with E-state index in [1.807, 2.05) is 61.5 Å². The topological polar surface area (TPSA) is 63.2 Å². The summed E-state index contributed by atoms with van der Waals surface area (Å²) in [4.78, 5) is 16.1. The van der Waals surface area contributed by atoms with Crippen molar-refractivity contribution in [2.24, 2.45) is 0 Å². The van der Waals surface area contributed by atoms with Gasteiger partial charge in [-0.15, -0.1) is 0 Å². The van der Waals surface area contributed by atoms with Crippen LogP contribution < -0.4 is 15.4 Å². The van der Waals surface area contributed by atoms with Gasteiger partial charge in [-0.05, 0) is 48.9 Å². The lowest BCUT2D eigenvalue weighted by molar-refractivity contribution is 0.247. The van der Waals surface area contributed by atoms with Gasteiger partial charge in [0.05, 0.1) is 12.1 Å². The summed E-state index contributed by atoms with van der Waals surface area (Å²) in [6.07, 6.45) is 1.76. The van der Waals surface area contributed by atoms with E-state index in [0.717, 1.165) is 27.9 Å². The monoisotopic (exact) mass is 321 g/mol. The fraction of sp³-hybridized carbons (Fsp3) is 0.158. The quantitative estimate of drug-likeness (QED) is 0.704. The van der Waals surface area contributed by atoms with Crippen LogP contribution in [-0.4, -0.2) is 24.2 Å². The number of carbonyl (C=O) groups is 1. The average molecular weight is 321 g/mol. The minimum Gasteiger partial charge on any atom is -0.492 e. The Morgan fingerprint density at radius 3 is 2.92 bits per heavy atom. The van der Waals surface area contributed by atoms with Crippen LogP contribution in [0.25, 0.3) is 10.9 Å². The summed E-state index contributed by atoms with van der Waals surface area (Å²) in [6, 6.07) is 17.0. The highest BCUT2D eigenvalue weighted by Crippen LogP contribution is 2.18. The number of pyridine rings is 1. The minimum atomic E-state index is -0.244. The number of hydrogen-bond acceptors (Lipinski definition) is 3. The molecule has 0 bridgehead atoms. The van der Waals surface area contributed by atoms with Gasteiger partial charge in [-0.3, -0.25) is 4.98 Å². The van der Waals surface area contributed by atoms with Crippen LogP contribution in [0.2, 0.25) is 0 Å². The number of urea groups is 1. The molecule has 5 heteroatoms. The Hall–Kier alpha value is -3.08. The van der Waals surface area contributed by atoms with E-state index in [1.165, 1.54) is 0 Å². The van der Waals surface area contributed by atoms with Gasteiger partial charge < -0.3 is 15.4 Å². The van der Waals surface area contributed by atoms with E-state index in [2.05, 4.69) is 15.6 Å². The predicted molar refractivity (Wildman–Crippen MR) is 95.4 cm³/mol. The summed E-state index contributed by atoms with van der Waals surface area (Å²) in [6.45, 7) is 2.80. The third kappa shape index (κ3) is 4.23. The molecule has 0 atom stereocenters. The number of amides is 2. The van der Waals surface area contributed by atoms with Crippen molar-refractivity contribution in [3.8, 4) is 5.75 Å². The highest BCUT2D eigenvalue weighted by atomic mass is 16.5. The fourth-order valence-electron chi connectivity index (χ4n) is 2.38. The largest absolute Gasteiger partial charge is 0.492 e. The molecule has 0 aliphatic carbocycles. The highest BCUT2D eigenvalue weighted by molar-refractivity contribution is 5.89. The van der Waals surface area contributed by atoms with E-state index in [0.29, 0.717) is 13.2 Å². The molecule has 2 aromatic carbocycles. The Balaban J connectivity index is 1.45. The lowest BCUT2D eigenvalue weighted by Crippen LogP contribution is -2.32. The Morgan fingerprint density at radius 1 is 1.12 bits per heavy atom. The maximum absolute atomic E-state index is 11.8. The van der Waals surface area contributed by atoms with E-state index in [-0.39, 0.29) is 6.03 Å². The van der Waals surface area contributed by atoms with Crippen LogP contribution in [-0.2, 0) is 0 Å². The Morgan fingerprint density at radius 2 is 2.04 bits per heavy atom. The van der Waals surface area contributed by atoms with Crippen molar-refractivity contribution in [3.63, 3.8) is 0 Å². The van der Waals surface area contributed by atoms with Crippen LogP contribution in [0.5, 0.6) is 5.75 Å². The van der Waals surface area contributed by atoms with Gasteiger partial charge in [0.2, 0.25) is 0 Å². The molecule has 0 aliphatic heterocycles. The van der Waals surface area contributed by atoms with Crippen molar-refractivity contribution >= 4 is 22.6 Å². The van der Waals surface area contributed by atoms with Crippen LogP contribution >= 0.6 is 0 Å². The first-order valence-electron chi connectivity index (χ1n) is 7.80. The summed E-state index contributed by atoms with van der Waals surface area (Å²) in [5.41, 5.74) is 2.80. The van der Waals surface area contributed by atoms with Crippen molar-refractivity contribution < 1.29 is 9.53 Å². The number of rotatable bonds is 5. The molecule has 122 valence electrons. The van der Waals surface area contributed by atoms with Crippen LogP contribution in [0.4, 0.5) is 10.5 Å². The van der Waals surface area contributed by atoms with E-state index in [9.17, 15) is 4.79 Å². The number of carbonyl (C=O) groups excluding carboxylic acids is 1. The van der Waals surface area contributed by atoms with Gasteiger partial charge in [-0.25, -0.2) is 4.79 Å². The summed E-state index contributed by atoms with van der Waals surface area (Å²) in [5.74, 6) is 0.761. The average Bonchev–Trinajstić information content (AvgIpc) is 2.58. The number of aryl methyl sites for hydroxylation is 1. The van der Waals surface area contributed by atoms with Gasteiger partial charge >= 0.3 is 6.03 Å². The molecule has 0 fully saturated rings. The van der Waals surface area contributed by atoms with Crippen LogP contribution in [0.3, 0.4) is 0 Å². The zero-order valence-electron chi connectivity index (χ0n) is 13.5. The lowest BCUT2D eigenvalue weighted by Gasteiger charge is -2.10. The van der Waals surface area contributed by atoms with Crippen molar-refractivity contribution in [2.45, 2.75) is 6.92 Å². The molecule has 5 nitrogen and oxygen atoms in total. The SMILES string of the molecule is Cc1cccc(NC(=O)NCCOc2ccc3ncccc3c2)c1. The number of nitrogens with zero attached hydrogens (tertiary/aromatic N) is 1. The molecule has 0 saturated carbocycles. The molecule has 1 heterocycles. The van der Waals surface area contributed by atoms with Crippen molar-refractivity contribution in [1.29, 1.82) is 0 Å². The number of fused-ring (bicyclic) bond motifs is 1. The molecule has 24 heavy (non-hydrogen) atoms. The second-order valence-corrected chi connectivity index (χ2v) is 5.46. The van der Waals surface area contributed by atoms with Crippen LogP contribution in [0, 0.1) is 6.92 Å². The predicted octanol–water partition coefficient (Wildman–Crippen LogP) is 3.74. The molecule has 2 N–H and O–H groups in total. The molecule has 0 unspecified atom stereocenters. The first-order valence-corrected chi connectivity index (χ1v) is 7.80. The fourth-order valence-corrected chi connectivity index (χ4v) is 2.38. The molecule has 3 aromatic rings. The zero-order valence-corrected chi connectivity index (χ0v) is 13.5. The number of aromatic nitrogens is 1. The number of anilines is 1. The van der Waals surface area contributed by atoms with Crippen LogP contribution in [0.1, 0.15) is 5.56 Å². The first kappa shape index (κ1) is 15.8. The molecular formula is C19H19N3O2. The van der Waals surface area contributed by atoms with Gasteiger partial charge in [0.1, 0.15) is 12.4 Å². The second-order valence-electron chi connectivity index (χ2n) is 5.46. The normalized spacial score (nSPS) is 10.4. The van der Waals surface area contributed by atoms with E-state index >= 15 is 0 Å². The van der Waals surface area contributed by atoms with Gasteiger partial charge in [0, 0.05) is 17.3 Å². The molecular weight excluding hydrogens is 302 g/mol. The molecule has 1 aromatic heterocycles.